The van der Waals surface area contributed by atoms with Crippen LogP contribution in [0.25, 0.3) is 0 Å². The predicted molar refractivity (Wildman–Crippen MR) is 109 cm³/mol. The molecule has 4 nitrogen and oxygen atoms in total. The molecule has 0 aliphatic carbocycles. The average molecular weight is 431 g/mol. The summed E-state index contributed by atoms with van der Waals surface area (Å²) in [6.45, 7) is 6.61. The van der Waals surface area contributed by atoms with E-state index in [2.05, 4.69) is 45.3 Å². The molecule has 0 aliphatic heterocycles. The molecule has 134 valence electrons. The third kappa shape index (κ3) is 4.51. The fraction of sp³-hybridized carbons (Fsp3) is 0.200. The van der Waals surface area contributed by atoms with Gasteiger partial charge in [0.05, 0.1) is 4.88 Å². The Bertz CT molecular complexity index is 912. The van der Waals surface area contributed by atoms with Gasteiger partial charge in [-0.1, -0.05) is 17.7 Å². The number of aryl methyl sites for hydroxylation is 3. The second kappa shape index (κ2) is 8.01. The summed E-state index contributed by atoms with van der Waals surface area (Å²) >= 11 is 4.72. The maximum atomic E-state index is 12.3. The summed E-state index contributed by atoms with van der Waals surface area (Å²) in [7, 11) is 0. The summed E-state index contributed by atoms with van der Waals surface area (Å²) in [5.41, 5.74) is 4.45. The molecule has 1 amide bonds. The average Bonchev–Trinajstić information content (AvgIpc) is 3.05. The number of aromatic nitrogens is 1. The van der Waals surface area contributed by atoms with Crippen molar-refractivity contribution in [1.29, 1.82) is 0 Å². The Kier molecular flexibility index (Phi) is 5.74. The summed E-state index contributed by atoms with van der Waals surface area (Å²) in [4.78, 5) is 17.1. The van der Waals surface area contributed by atoms with Crippen LogP contribution in [0.15, 0.2) is 46.4 Å². The molecule has 0 saturated carbocycles. The first kappa shape index (κ1) is 18.6. The summed E-state index contributed by atoms with van der Waals surface area (Å²) in [5.74, 6) is 1.26. The minimum absolute atomic E-state index is 0.168. The molecule has 2 heterocycles. The van der Waals surface area contributed by atoms with Crippen molar-refractivity contribution in [3.63, 3.8) is 0 Å². The number of benzene rings is 1. The van der Waals surface area contributed by atoms with Crippen LogP contribution >= 0.6 is 27.3 Å². The highest BCUT2D eigenvalue weighted by Gasteiger charge is 2.12. The zero-order chi connectivity index (χ0) is 18.7. The number of carbonyl (C=O) groups is 1. The van der Waals surface area contributed by atoms with Gasteiger partial charge in [-0.3, -0.25) is 4.79 Å². The van der Waals surface area contributed by atoms with E-state index < -0.39 is 0 Å². The first-order valence-corrected chi connectivity index (χ1v) is 9.80. The number of pyridine rings is 1. The van der Waals surface area contributed by atoms with Crippen molar-refractivity contribution >= 4 is 39.0 Å². The molecule has 0 unspecified atom stereocenters. The standard InChI is InChI=1S/C20H19BrN2O2S/c1-12-6-13(2)19(14(3)7-12)25-10-15-8-17(26-11-15)20(24)23-18-5-4-16(21)9-22-18/h4-9,11H,10H2,1-3H3,(H,22,23,24). The first-order chi connectivity index (χ1) is 12.4. The SMILES string of the molecule is Cc1cc(C)c(OCc2csc(C(=O)Nc3ccc(Br)cn3)c2)c(C)c1. The van der Waals surface area contributed by atoms with Crippen LogP contribution in [0.1, 0.15) is 31.9 Å². The lowest BCUT2D eigenvalue weighted by Gasteiger charge is -2.12. The fourth-order valence-corrected chi connectivity index (χ4v) is 3.77. The van der Waals surface area contributed by atoms with Gasteiger partial charge in [0.2, 0.25) is 0 Å². The Morgan fingerprint density at radius 2 is 1.92 bits per heavy atom. The van der Waals surface area contributed by atoms with E-state index >= 15 is 0 Å². The minimum Gasteiger partial charge on any atom is -0.488 e. The molecule has 1 aromatic carbocycles. The highest BCUT2D eigenvalue weighted by molar-refractivity contribution is 9.10. The summed E-state index contributed by atoms with van der Waals surface area (Å²) in [6, 6.07) is 9.67. The molecular weight excluding hydrogens is 412 g/mol. The van der Waals surface area contributed by atoms with Crippen molar-refractivity contribution in [3.05, 3.63) is 73.5 Å². The Morgan fingerprint density at radius 3 is 2.58 bits per heavy atom. The lowest BCUT2D eigenvalue weighted by molar-refractivity contribution is 0.103. The second-order valence-electron chi connectivity index (χ2n) is 6.15. The van der Waals surface area contributed by atoms with Gasteiger partial charge < -0.3 is 10.1 Å². The van der Waals surface area contributed by atoms with Crippen LogP contribution in [0.3, 0.4) is 0 Å². The van der Waals surface area contributed by atoms with E-state index in [1.807, 2.05) is 31.4 Å². The van der Waals surface area contributed by atoms with Crippen molar-refractivity contribution in [2.24, 2.45) is 0 Å². The third-order valence-corrected chi connectivity index (χ3v) is 5.28. The van der Waals surface area contributed by atoms with E-state index in [1.54, 1.807) is 12.3 Å². The van der Waals surface area contributed by atoms with Gasteiger partial charge in [-0.15, -0.1) is 11.3 Å². The fourth-order valence-electron chi connectivity index (χ4n) is 2.75. The number of hydrogen-bond donors (Lipinski definition) is 1. The summed E-state index contributed by atoms with van der Waals surface area (Å²) in [5, 5.41) is 4.74. The largest absolute Gasteiger partial charge is 0.488 e. The predicted octanol–water partition coefficient (Wildman–Crippen LogP) is 5.66. The van der Waals surface area contributed by atoms with Crippen LogP contribution in [0, 0.1) is 20.8 Å². The van der Waals surface area contributed by atoms with Crippen molar-refractivity contribution < 1.29 is 9.53 Å². The van der Waals surface area contributed by atoms with E-state index in [0.717, 1.165) is 26.9 Å². The Balaban J connectivity index is 1.64. The van der Waals surface area contributed by atoms with Crippen LogP contribution in [0.4, 0.5) is 5.82 Å². The second-order valence-corrected chi connectivity index (χ2v) is 7.98. The smallest absolute Gasteiger partial charge is 0.266 e. The molecule has 0 spiro atoms. The summed E-state index contributed by atoms with van der Waals surface area (Å²) in [6.07, 6.45) is 1.65. The number of nitrogens with zero attached hydrogens (tertiary/aromatic N) is 1. The van der Waals surface area contributed by atoms with E-state index in [4.69, 9.17) is 4.74 Å². The molecule has 2 aromatic heterocycles. The monoisotopic (exact) mass is 430 g/mol. The molecule has 6 heteroatoms. The zero-order valence-corrected chi connectivity index (χ0v) is 17.2. The lowest BCUT2D eigenvalue weighted by atomic mass is 10.1. The number of carbonyl (C=O) groups excluding carboxylic acids is 1. The number of rotatable bonds is 5. The van der Waals surface area contributed by atoms with Gasteiger partial charge in [-0.05, 0) is 71.4 Å². The van der Waals surface area contributed by atoms with E-state index in [9.17, 15) is 4.79 Å². The van der Waals surface area contributed by atoms with Gasteiger partial charge in [0.25, 0.3) is 5.91 Å². The topological polar surface area (TPSA) is 51.2 Å². The van der Waals surface area contributed by atoms with Crippen molar-refractivity contribution in [2.75, 3.05) is 5.32 Å². The van der Waals surface area contributed by atoms with E-state index in [0.29, 0.717) is 17.3 Å². The molecule has 26 heavy (non-hydrogen) atoms. The molecule has 0 fully saturated rings. The molecule has 0 aliphatic rings. The van der Waals surface area contributed by atoms with Gasteiger partial charge in [-0.2, -0.15) is 0 Å². The number of halogens is 1. The molecule has 0 saturated heterocycles. The molecule has 0 bridgehead atoms. The molecular formula is C20H19BrN2O2S. The zero-order valence-electron chi connectivity index (χ0n) is 14.8. The van der Waals surface area contributed by atoms with E-state index in [1.165, 1.54) is 16.9 Å². The third-order valence-electron chi connectivity index (χ3n) is 3.83. The van der Waals surface area contributed by atoms with Crippen LogP contribution in [0.5, 0.6) is 5.75 Å². The van der Waals surface area contributed by atoms with Crippen LogP contribution in [-0.4, -0.2) is 10.9 Å². The molecule has 0 radical (unpaired) electrons. The van der Waals surface area contributed by atoms with Crippen molar-refractivity contribution in [2.45, 2.75) is 27.4 Å². The maximum absolute atomic E-state index is 12.3. The quantitative estimate of drug-likeness (QED) is 0.567. The number of amides is 1. The van der Waals surface area contributed by atoms with Gasteiger partial charge in [0.1, 0.15) is 18.2 Å². The number of ether oxygens (including phenoxy) is 1. The van der Waals surface area contributed by atoms with Gasteiger partial charge in [0.15, 0.2) is 0 Å². The first-order valence-electron chi connectivity index (χ1n) is 8.13. The summed E-state index contributed by atoms with van der Waals surface area (Å²) < 4.78 is 6.86. The van der Waals surface area contributed by atoms with E-state index in [-0.39, 0.29) is 5.91 Å². The number of nitrogens with one attached hydrogen (secondary N) is 1. The van der Waals surface area contributed by atoms with Gasteiger partial charge in [-0.25, -0.2) is 4.98 Å². The minimum atomic E-state index is -0.168. The van der Waals surface area contributed by atoms with Crippen LogP contribution in [0.2, 0.25) is 0 Å². The molecule has 3 aromatic rings. The number of thiophene rings is 1. The Morgan fingerprint density at radius 1 is 1.19 bits per heavy atom. The van der Waals surface area contributed by atoms with Gasteiger partial charge >= 0.3 is 0 Å². The number of hydrogen-bond acceptors (Lipinski definition) is 4. The molecule has 3 rings (SSSR count). The van der Waals surface area contributed by atoms with Crippen molar-refractivity contribution in [3.8, 4) is 5.75 Å². The van der Waals surface area contributed by atoms with Crippen molar-refractivity contribution in [1.82, 2.24) is 4.98 Å². The Hall–Kier alpha value is -2.18. The molecule has 1 N–H and O–H groups in total. The van der Waals surface area contributed by atoms with Crippen LogP contribution in [-0.2, 0) is 6.61 Å². The normalized spacial score (nSPS) is 10.6. The van der Waals surface area contributed by atoms with Gasteiger partial charge in [0, 0.05) is 16.2 Å². The highest BCUT2D eigenvalue weighted by Crippen LogP contribution is 2.26. The highest BCUT2D eigenvalue weighted by atomic mass is 79.9. The molecule has 0 atom stereocenters. The maximum Gasteiger partial charge on any atom is 0.266 e. The number of anilines is 1. The Labute approximate surface area is 165 Å². The van der Waals surface area contributed by atoms with Crippen LogP contribution < -0.4 is 10.1 Å². The lowest BCUT2D eigenvalue weighted by Crippen LogP contribution is -2.11.